The van der Waals surface area contributed by atoms with Crippen LogP contribution in [-0.2, 0) is 11.1 Å². The molecule has 0 saturated carbocycles. The van der Waals surface area contributed by atoms with Crippen LogP contribution in [-0.4, -0.2) is 14.2 Å². The summed E-state index contributed by atoms with van der Waals surface area (Å²) in [6, 6.07) is 1.08. The van der Waals surface area contributed by atoms with Crippen molar-refractivity contribution in [1.82, 2.24) is 9.13 Å². The molecule has 0 spiro atoms. The van der Waals surface area contributed by atoms with Crippen LogP contribution in [0.25, 0.3) is 0 Å². The lowest BCUT2D eigenvalue weighted by molar-refractivity contribution is 0.271. The van der Waals surface area contributed by atoms with Crippen LogP contribution in [0, 0.1) is 0 Å². The number of aromatic nitrogens is 2. The SMILES string of the molecule is CC(C)(C)n1c(O)cc(=O)n(C(C)(C)C)c1=O. The van der Waals surface area contributed by atoms with E-state index in [2.05, 4.69) is 0 Å². The highest BCUT2D eigenvalue weighted by molar-refractivity contribution is 5.11. The second-order valence-electron chi connectivity index (χ2n) is 6.14. The van der Waals surface area contributed by atoms with Gasteiger partial charge in [0.25, 0.3) is 5.56 Å². The summed E-state index contributed by atoms with van der Waals surface area (Å²) in [6.45, 7) is 10.7. The maximum absolute atomic E-state index is 12.3. The average molecular weight is 240 g/mol. The summed E-state index contributed by atoms with van der Waals surface area (Å²) in [5, 5.41) is 9.75. The van der Waals surface area contributed by atoms with Gasteiger partial charge in [-0.3, -0.25) is 13.9 Å². The van der Waals surface area contributed by atoms with Crippen LogP contribution >= 0.6 is 0 Å². The molecule has 0 unspecified atom stereocenters. The first-order valence-corrected chi connectivity index (χ1v) is 5.55. The van der Waals surface area contributed by atoms with E-state index in [1.165, 1.54) is 4.57 Å². The van der Waals surface area contributed by atoms with Crippen LogP contribution in [0.4, 0.5) is 0 Å². The molecule has 1 heterocycles. The first-order valence-electron chi connectivity index (χ1n) is 5.55. The fraction of sp³-hybridized carbons (Fsp3) is 0.667. The van der Waals surface area contributed by atoms with E-state index in [-0.39, 0.29) is 5.88 Å². The molecule has 0 radical (unpaired) electrons. The number of nitrogens with zero attached hydrogens (tertiary/aromatic N) is 2. The molecule has 17 heavy (non-hydrogen) atoms. The van der Waals surface area contributed by atoms with Crippen molar-refractivity contribution < 1.29 is 5.11 Å². The number of rotatable bonds is 0. The summed E-state index contributed by atoms with van der Waals surface area (Å²) in [5.74, 6) is -0.298. The van der Waals surface area contributed by atoms with Gasteiger partial charge in [-0.2, -0.15) is 0 Å². The van der Waals surface area contributed by atoms with Crippen molar-refractivity contribution in [3.63, 3.8) is 0 Å². The summed E-state index contributed by atoms with van der Waals surface area (Å²) in [7, 11) is 0. The standard InChI is InChI=1S/C12H20N2O3/c1-11(2,3)13-8(15)7-9(16)14(10(13)17)12(4,5)6/h7,15H,1-6H3. The van der Waals surface area contributed by atoms with E-state index in [4.69, 9.17) is 0 Å². The van der Waals surface area contributed by atoms with Gasteiger partial charge < -0.3 is 5.11 Å². The van der Waals surface area contributed by atoms with Gasteiger partial charge in [0.05, 0.1) is 6.07 Å². The van der Waals surface area contributed by atoms with E-state index in [1.54, 1.807) is 41.5 Å². The molecule has 0 bridgehead atoms. The van der Waals surface area contributed by atoms with E-state index in [1.807, 2.05) is 0 Å². The second kappa shape index (κ2) is 3.75. The van der Waals surface area contributed by atoms with Crippen LogP contribution < -0.4 is 11.2 Å². The van der Waals surface area contributed by atoms with Crippen molar-refractivity contribution in [3.8, 4) is 5.88 Å². The zero-order valence-electron chi connectivity index (χ0n) is 11.2. The monoisotopic (exact) mass is 240 g/mol. The number of hydrogen-bond donors (Lipinski definition) is 1. The van der Waals surface area contributed by atoms with Crippen LogP contribution in [0.1, 0.15) is 41.5 Å². The maximum atomic E-state index is 12.3. The van der Waals surface area contributed by atoms with Gasteiger partial charge in [-0.25, -0.2) is 4.79 Å². The van der Waals surface area contributed by atoms with Gasteiger partial charge in [0.2, 0.25) is 5.88 Å². The Hall–Kier alpha value is -1.52. The molecule has 96 valence electrons. The molecule has 1 N–H and O–H groups in total. The smallest absolute Gasteiger partial charge is 0.334 e. The van der Waals surface area contributed by atoms with E-state index < -0.39 is 22.3 Å². The molecule has 0 fully saturated rings. The summed E-state index contributed by atoms with van der Waals surface area (Å²) in [6.07, 6.45) is 0. The lowest BCUT2D eigenvalue weighted by Gasteiger charge is -2.28. The predicted octanol–water partition coefficient (Wildman–Crippen LogP) is 1.23. The van der Waals surface area contributed by atoms with Gasteiger partial charge >= 0.3 is 5.69 Å². The Morgan fingerprint density at radius 3 is 1.71 bits per heavy atom. The molecule has 1 rings (SSSR count). The van der Waals surface area contributed by atoms with E-state index in [0.717, 1.165) is 10.6 Å². The largest absolute Gasteiger partial charge is 0.494 e. The molecule has 0 amide bonds. The van der Waals surface area contributed by atoms with Crippen LogP contribution in [0.5, 0.6) is 5.88 Å². The summed E-state index contributed by atoms with van der Waals surface area (Å²) < 4.78 is 2.37. The Labute approximate surface area is 100 Å². The van der Waals surface area contributed by atoms with Crippen molar-refractivity contribution in [2.24, 2.45) is 0 Å². The molecule has 0 aliphatic rings. The third-order valence-electron chi connectivity index (χ3n) is 2.43. The van der Waals surface area contributed by atoms with Gasteiger partial charge in [0.1, 0.15) is 0 Å². The lowest BCUT2D eigenvalue weighted by atomic mass is 10.1. The van der Waals surface area contributed by atoms with Gasteiger partial charge in [-0.1, -0.05) is 0 Å². The van der Waals surface area contributed by atoms with Gasteiger partial charge in [-0.15, -0.1) is 0 Å². The zero-order chi connectivity index (χ0) is 13.6. The van der Waals surface area contributed by atoms with Gasteiger partial charge in [0, 0.05) is 11.1 Å². The molecule has 0 atom stereocenters. The van der Waals surface area contributed by atoms with Gasteiger partial charge in [-0.05, 0) is 41.5 Å². The normalized spacial score (nSPS) is 12.8. The molecule has 0 aliphatic carbocycles. The quantitative estimate of drug-likeness (QED) is 0.741. The van der Waals surface area contributed by atoms with Crippen molar-refractivity contribution in [3.05, 3.63) is 26.9 Å². The van der Waals surface area contributed by atoms with Crippen molar-refractivity contribution in [2.45, 2.75) is 52.6 Å². The minimum Gasteiger partial charge on any atom is -0.494 e. The summed E-state index contributed by atoms with van der Waals surface area (Å²) in [5.41, 5.74) is -2.17. The van der Waals surface area contributed by atoms with Crippen LogP contribution in [0.3, 0.4) is 0 Å². The first-order chi connectivity index (χ1) is 7.46. The molecule has 0 saturated heterocycles. The lowest BCUT2D eigenvalue weighted by Crippen LogP contribution is -2.50. The highest BCUT2D eigenvalue weighted by Crippen LogP contribution is 2.18. The molecular weight excluding hydrogens is 220 g/mol. The Balaban J connectivity index is 3.81. The van der Waals surface area contributed by atoms with Crippen molar-refractivity contribution in [2.75, 3.05) is 0 Å². The number of hydrogen-bond acceptors (Lipinski definition) is 3. The van der Waals surface area contributed by atoms with Crippen LogP contribution in [0.2, 0.25) is 0 Å². The number of aromatic hydroxyl groups is 1. The zero-order valence-corrected chi connectivity index (χ0v) is 11.2. The first kappa shape index (κ1) is 13.5. The highest BCUT2D eigenvalue weighted by Gasteiger charge is 2.26. The second-order valence-corrected chi connectivity index (χ2v) is 6.14. The van der Waals surface area contributed by atoms with E-state index in [0.29, 0.717) is 0 Å². The third-order valence-corrected chi connectivity index (χ3v) is 2.43. The third kappa shape index (κ3) is 2.43. The molecule has 1 aromatic rings. The minimum absolute atomic E-state index is 0.298. The average Bonchev–Trinajstić information content (AvgIpc) is 1.94. The fourth-order valence-corrected chi connectivity index (χ4v) is 1.78. The van der Waals surface area contributed by atoms with Gasteiger partial charge in [0.15, 0.2) is 0 Å². The Morgan fingerprint density at radius 2 is 1.35 bits per heavy atom. The fourth-order valence-electron chi connectivity index (χ4n) is 1.78. The highest BCUT2D eigenvalue weighted by atomic mass is 16.3. The van der Waals surface area contributed by atoms with Crippen molar-refractivity contribution >= 4 is 0 Å². The molecule has 0 aliphatic heterocycles. The topological polar surface area (TPSA) is 64.2 Å². The Morgan fingerprint density at radius 1 is 0.941 bits per heavy atom. The van der Waals surface area contributed by atoms with Crippen molar-refractivity contribution in [1.29, 1.82) is 0 Å². The predicted molar refractivity (Wildman–Crippen MR) is 66.6 cm³/mol. The molecule has 0 aromatic carbocycles. The Bertz CT molecular complexity index is 539. The molecule has 5 nitrogen and oxygen atoms in total. The molecule has 1 aromatic heterocycles. The maximum Gasteiger partial charge on any atom is 0.334 e. The van der Waals surface area contributed by atoms with E-state index >= 15 is 0 Å². The van der Waals surface area contributed by atoms with E-state index in [9.17, 15) is 14.7 Å². The van der Waals surface area contributed by atoms with Crippen LogP contribution in [0.15, 0.2) is 15.7 Å². The summed E-state index contributed by atoms with van der Waals surface area (Å²) in [4.78, 5) is 24.0. The molecular formula is C12H20N2O3. The molecule has 5 heteroatoms. The Kier molecular flexibility index (Phi) is 2.99. The summed E-state index contributed by atoms with van der Waals surface area (Å²) >= 11 is 0. The minimum atomic E-state index is -0.616.